The summed E-state index contributed by atoms with van der Waals surface area (Å²) in [6.07, 6.45) is 2.48. The summed E-state index contributed by atoms with van der Waals surface area (Å²) in [6.45, 7) is 2.65. The number of ketones is 1. The molecule has 1 saturated heterocycles. The molecule has 1 aliphatic heterocycles. The highest BCUT2D eigenvalue weighted by Gasteiger charge is 2.46. The molecular weight excluding hydrogens is 420 g/mol. The van der Waals surface area contributed by atoms with Crippen LogP contribution in [0.25, 0.3) is 5.76 Å². The molecule has 1 unspecified atom stereocenters. The van der Waals surface area contributed by atoms with Crippen molar-refractivity contribution in [2.24, 2.45) is 0 Å². The lowest BCUT2D eigenvalue weighted by atomic mass is 9.95. The lowest BCUT2D eigenvalue weighted by Gasteiger charge is -2.25. The van der Waals surface area contributed by atoms with Gasteiger partial charge >= 0.3 is 0 Å². The minimum absolute atomic E-state index is 0.00616. The first-order valence-corrected chi connectivity index (χ1v) is 10.7. The van der Waals surface area contributed by atoms with Crippen molar-refractivity contribution in [1.29, 1.82) is 0 Å². The molecule has 0 aliphatic carbocycles. The third kappa shape index (κ3) is 4.57. The van der Waals surface area contributed by atoms with E-state index in [1.807, 2.05) is 6.92 Å². The van der Waals surface area contributed by atoms with Crippen molar-refractivity contribution in [2.75, 3.05) is 6.61 Å². The monoisotopic (exact) mass is 444 g/mol. The number of amides is 1. The van der Waals surface area contributed by atoms with Gasteiger partial charge in [0.15, 0.2) is 0 Å². The van der Waals surface area contributed by atoms with Gasteiger partial charge in [-0.05, 0) is 60.5 Å². The number of aliphatic hydroxyl groups excluding tert-OH is 1. The number of hydrogen-bond acceptors (Lipinski definition) is 6. The molecule has 2 heterocycles. The minimum Gasteiger partial charge on any atom is -0.508 e. The predicted octanol–water partition coefficient (Wildman–Crippen LogP) is 4.20. The average molecular weight is 444 g/mol. The van der Waals surface area contributed by atoms with Crippen LogP contribution in [0.4, 0.5) is 0 Å². The largest absolute Gasteiger partial charge is 0.508 e. The Morgan fingerprint density at radius 3 is 2.52 bits per heavy atom. The summed E-state index contributed by atoms with van der Waals surface area (Å²) in [5.41, 5.74) is 1.46. The van der Waals surface area contributed by atoms with Crippen LogP contribution < -0.4 is 4.74 Å². The first-order chi connectivity index (χ1) is 16.0. The number of pyridine rings is 1. The van der Waals surface area contributed by atoms with Gasteiger partial charge in [-0.2, -0.15) is 0 Å². The standard InChI is InChI=1S/C26H24N2O5/c1-2-14-33-21-11-9-17(10-12-21)24(30)22-23(18-6-5-8-20(29)15-18)28(26(32)25(22)31)16-19-7-3-4-13-27-19/h3-13,15,23,29-30H,2,14,16H2,1H3/b24-22-. The molecule has 1 aliphatic rings. The minimum atomic E-state index is -0.880. The Balaban J connectivity index is 1.79. The SMILES string of the molecule is CCCOc1ccc(/C(O)=C2/C(=O)C(=O)N(Cc3ccccn3)C2c2cccc(O)c2)cc1. The molecule has 0 radical (unpaired) electrons. The number of aromatic nitrogens is 1. The van der Waals surface area contributed by atoms with Crippen LogP contribution in [0.1, 0.15) is 36.2 Å². The molecule has 0 bridgehead atoms. The fraction of sp³-hybridized carbons (Fsp3) is 0.192. The molecule has 0 spiro atoms. The van der Waals surface area contributed by atoms with E-state index in [1.165, 1.54) is 17.0 Å². The van der Waals surface area contributed by atoms with Crippen LogP contribution in [0, 0.1) is 0 Å². The van der Waals surface area contributed by atoms with Gasteiger partial charge in [0.05, 0.1) is 30.5 Å². The molecule has 0 saturated carbocycles. The molecule has 1 atom stereocenters. The smallest absolute Gasteiger partial charge is 0.296 e. The number of carbonyl (C=O) groups excluding carboxylic acids is 2. The zero-order valence-corrected chi connectivity index (χ0v) is 18.1. The lowest BCUT2D eigenvalue weighted by Crippen LogP contribution is -2.29. The number of benzene rings is 2. The fourth-order valence-corrected chi connectivity index (χ4v) is 3.84. The average Bonchev–Trinajstić information content (AvgIpc) is 3.08. The Labute approximate surface area is 191 Å². The van der Waals surface area contributed by atoms with Crippen LogP contribution in [0.15, 0.2) is 78.5 Å². The molecule has 3 aromatic rings. The molecule has 1 amide bonds. The van der Waals surface area contributed by atoms with Crippen LogP contribution in [0.5, 0.6) is 11.5 Å². The number of phenols is 1. The molecule has 1 aromatic heterocycles. The van der Waals surface area contributed by atoms with Gasteiger partial charge in [0.25, 0.3) is 11.7 Å². The van der Waals surface area contributed by atoms with E-state index in [9.17, 15) is 19.8 Å². The van der Waals surface area contributed by atoms with E-state index in [1.54, 1.807) is 60.8 Å². The van der Waals surface area contributed by atoms with Crippen LogP contribution in [0.2, 0.25) is 0 Å². The highest BCUT2D eigenvalue weighted by atomic mass is 16.5. The molecule has 7 nitrogen and oxygen atoms in total. The number of carbonyl (C=O) groups is 2. The fourth-order valence-electron chi connectivity index (χ4n) is 3.84. The van der Waals surface area contributed by atoms with Crippen LogP contribution >= 0.6 is 0 Å². The number of Topliss-reactive ketones (excluding diaryl/α,β-unsaturated/α-hetero) is 1. The van der Waals surface area contributed by atoms with Crippen molar-refractivity contribution in [3.8, 4) is 11.5 Å². The predicted molar refractivity (Wildman–Crippen MR) is 122 cm³/mol. The van der Waals surface area contributed by atoms with Gasteiger partial charge in [-0.15, -0.1) is 0 Å². The Hall–Kier alpha value is -4.13. The maximum absolute atomic E-state index is 13.1. The maximum atomic E-state index is 13.1. The summed E-state index contributed by atoms with van der Waals surface area (Å²) in [6, 6.07) is 17.5. The molecule has 7 heteroatoms. The topological polar surface area (TPSA) is 100.0 Å². The van der Waals surface area contributed by atoms with Gasteiger partial charge in [-0.25, -0.2) is 0 Å². The highest BCUT2D eigenvalue weighted by Crippen LogP contribution is 2.41. The van der Waals surface area contributed by atoms with Crippen molar-refractivity contribution >= 4 is 17.4 Å². The van der Waals surface area contributed by atoms with Gasteiger partial charge < -0.3 is 19.8 Å². The van der Waals surface area contributed by atoms with Gasteiger partial charge in [0.1, 0.15) is 17.3 Å². The molecule has 1 fully saturated rings. The second-order valence-corrected chi connectivity index (χ2v) is 7.72. The van der Waals surface area contributed by atoms with E-state index in [-0.39, 0.29) is 23.6 Å². The summed E-state index contributed by atoms with van der Waals surface area (Å²) < 4.78 is 5.58. The molecular formula is C26H24N2O5. The third-order valence-electron chi connectivity index (χ3n) is 5.39. The van der Waals surface area contributed by atoms with Crippen LogP contribution in [0.3, 0.4) is 0 Å². The number of nitrogens with zero attached hydrogens (tertiary/aromatic N) is 2. The lowest BCUT2D eigenvalue weighted by molar-refractivity contribution is -0.140. The number of aromatic hydroxyl groups is 1. The summed E-state index contributed by atoms with van der Waals surface area (Å²) in [5.74, 6) is -1.17. The second-order valence-electron chi connectivity index (χ2n) is 7.72. The number of ether oxygens (including phenoxy) is 1. The van der Waals surface area contributed by atoms with E-state index >= 15 is 0 Å². The van der Waals surface area contributed by atoms with Crippen molar-refractivity contribution in [1.82, 2.24) is 9.88 Å². The first-order valence-electron chi connectivity index (χ1n) is 10.7. The Bertz CT molecular complexity index is 1190. The van der Waals surface area contributed by atoms with Crippen molar-refractivity contribution in [2.45, 2.75) is 25.9 Å². The van der Waals surface area contributed by atoms with E-state index < -0.39 is 17.7 Å². The zero-order valence-electron chi connectivity index (χ0n) is 18.1. The third-order valence-corrected chi connectivity index (χ3v) is 5.39. The Morgan fingerprint density at radius 1 is 1.06 bits per heavy atom. The Kier molecular flexibility index (Phi) is 6.40. The number of hydrogen-bond donors (Lipinski definition) is 2. The molecule has 2 N–H and O–H groups in total. The highest BCUT2D eigenvalue weighted by molar-refractivity contribution is 6.46. The van der Waals surface area contributed by atoms with E-state index in [4.69, 9.17) is 4.74 Å². The Morgan fingerprint density at radius 2 is 1.85 bits per heavy atom. The van der Waals surface area contributed by atoms with E-state index in [2.05, 4.69) is 4.98 Å². The summed E-state index contributed by atoms with van der Waals surface area (Å²) in [5, 5.41) is 21.2. The zero-order chi connectivity index (χ0) is 23.4. The van der Waals surface area contributed by atoms with Gasteiger partial charge in [-0.1, -0.05) is 25.1 Å². The van der Waals surface area contributed by atoms with Gasteiger partial charge in [-0.3, -0.25) is 14.6 Å². The number of rotatable bonds is 7. The molecule has 2 aromatic carbocycles. The van der Waals surface area contributed by atoms with Gasteiger partial charge in [0.2, 0.25) is 0 Å². The number of aliphatic hydroxyl groups is 1. The van der Waals surface area contributed by atoms with Crippen molar-refractivity contribution in [3.63, 3.8) is 0 Å². The van der Waals surface area contributed by atoms with E-state index in [0.29, 0.717) is 29.2 Å². The maximum Gasteiger partial charge on any atom is 0.296 e. The number of phenolic OH excluding ortho intramolecular Hbond substituents is 1. The second kappa shape index (κ2) is 9.56. The molecule has 4 rings (SSSR count). The molecule has 33 heavy (non-hydrogen) atoms. The van der Waals surface area contributed by atoms with Crippen LogP contribution in [-0.4, -0.2) is 38.4 Å². The summed E-state index contributed by atoms with van der Waals surface area (Å²) in [7, 11) is 0. The van der Waals surface area contributed by atoms with Crippen molar-refractivity contribution < 1.29 is 24.5 Å². The van der Waals surface area contributed by atoms with Crippen molar-refractivity contribution in [3.05, 3.63) is 95.3 Å². The van der Waals surface area contributed by atoms with Gasteiger partial charge in [0, 0.05) is 11.8 Å². The quantitative estimate of drug-likeness (QED) is 0.322. The summed E-state index contributed by atoms with van der Waals surface area (Å²) in [4.78, 5) is 31.7. The summed E-state index contributed by atoms with van der Waals surface area (Å²) >= 11 is 0. The normalized spacial score (nSPS) is 17.4. The first kappa shape index (κ1) is 22.1. The molecule has 168 valence electrons. The number of likely N-dealkylation sites (tertiary alicyclic amines) is 1. The van der Waals surface area contributed by atoms with Crippen LogP contribution in [-0.2, 0) is 16.1 Å². The van der Waals surface area contributed by atoms with E-state index in [0.717, 1.165) is 6.42 Å².